The van der Waals surface area contributed by atoms with Gasteiger partial charge in [-0.25, -0.2) is 9.37 Å². The first-order chi connectivity index (χ1) is 11.2. The lowest BCUT2D eigenvalue weighted by molar-refractivity contribution is -0.120. The smallest absolute Gasteiger partial charge is 0.299 e. The number of nitrogens with one attached hydrogen (secondary N) is 1. The van der Waals surface area contributed by atoms with Crippen LogP contribution in [0.15, 0.2) is 42.7 Å². The number of aromatic nitrogens is 2. The topological polar surface area (TPSA) is 64.9 Å². The van der Waals surface area contributed by atoms with Crippen molar-refractivity contribution in [3.63, 3.8) is 0 Å². The molecule has 0 amide bonds. The number of hydrogen-bond acceptors (Lipinski definition) is 5. The maximum atomic E-state index is 13.7. The molecule has 0 aliphatic carbocycles. The van der Waals surface area contributed by atoms with E-state index >= 15 is 0 Å². The maximum Gasteiger partial charge on any atom is 0.299 e. The largest absolute Gasteiger partial charge is 0.493 e. The lowest BCUT2D eigenvalue weighted by Crippen LogP contribution is -2.07. The van der Waals surface area contributed by atoms with E-state index in [0.717, 1.165) is 0 Å². The highest BCUT2D eigenvalue weighted by atomic mass is 19.1. The summed E-state index contributed by atoms with van der Waals surface area (Å²) in [5.41, 5.74) is 1.87. The highest BCUT2D eigenvalue weighted by molar-refractivity contribution is 5.63. The summed E-state index contributed by atoms with van der Waals surface area (Å²) < 4.78 is 25.5. The number of pyridine rings is 1. The summed E-state index contributed by atoms with van der Waals surface area (Å²) in [5.74, 6) is 0.0631. The molecular formula is C16H14FN3O3. The Balaban J connectivity index is 1.91. The Morgan fingerprint density at radius 3 is 3.00 bits per heavy atom. The van der Waals surface area contributed by atoms with Crippen molar-refractivity contribution in [2.45, 2.75) is 6.54 Å². The molecular weight excluding hydrogens is 301 g/mol. The van der Waals surface area contributed by atoms with Crippen molar-refractivity contribution in [2.75, 3.05) is 12.4 Å². The fraction of sp³-hybridized carbons (Fsp3) is 0.125. The lowest BCUT2D eigenvalue weighted by atomic mass is 10.2. The molecule has 0 unspecified atom stereocenters. The molecule has 0 aliphatic rings. The second kappa shape index (κ2) is 6.35. The molecule has 0 radical (unpaired) electrons. The van der Waals surface area contributed by atoms with Crippen molar-refractivity contribution >= 4 is 17.8 Å². The number of rotatable bonds is 6. The molecule has 2 aromatic heterocycles. The Kier molecular flexibility index (Phi) is 4.09. The van der Waals surface area contributed by atoms with Gasteiger partial charge in [-0.1, -0.05) is 12.1 Å². The molecule has 0 atom stereocenters. The van der Waals surface area contributed by atoms with Crippen LogP contribution < -0.4 is 14.8 Å². The van der Waals surface area contributed by atoms with Gasteiger partial charge in [0.05, 0.1) is 12.8 Å². The van der Waals surface area contributed by atoms with Gasteiger partial charge in [-0.2, -0.15) is 0 Å². The van der Waals surface area contributed by atoms with Gasteiger partial charge in [0, 0.05) is 24.5 Å². The second-order valence-corrected chi connectivity index (χ2v) is 4.71. The van der Waals surface area contributed by atoms with Crippen molar-refractivity contribution in [1.82, 2.24) is 9.38 Å². The predicted octanol–water partition coefficient (Wildman–Crippen LogP) is 2.63. The van der Waals surface area contributed by atoms with Crippen LogP contribution >= 0.6 is 0 Å². The highest BCUT2D eigenvalue weighted by Gasteiger charge is 2.12. The van der Waals surface area contributed by atoms with Crippen molar-refractivity contribution in [2.24, 2.45) is 0 Å². The van der Waals surface area contributed by atoms with E-state index in [1.165, 1.54) is 13.2 Å². The van der Waals surface area contributed by atoms with Crippen LogP contribution in [0.3, 0.4) is 0 Å². The first-order valence-electron chi connectivity index (χ1n) is 6.86. The van der Waals surface area contributed by atoms with E-state index in [9.17, 15) is 9.18 Å². The zero-order chi connectivity index (χ0) is 16.2. The molecule has 2 heterocycles. The number of carbonyl (C=O) groups is 1. The van der Waals surface area contributed by atoms with E-state index in [4.69, 9.17) is 9.47 Å². The number of para-hydroxylation sites is 1. The van der Waals surface area contributed by atoms with Crippen LogP contribution in [-0.2, 0) is 11.3 Å². The summed E-state index contributed by atoms with van der Waals surface area (Å²) in [4.78, 5) is 14.9. The average molecular weight is 315 g/mol. The fourth-order valence-electron chi connectivity index (χ4n) is 2.38. The third-order valence-electron chi connectivity index (χ3n) is 3.40. The van der Waals surface area contributed by atoms with Gasteiger partial charge in [0.2, 0.25) is 5.88 Å². The first-order valence-corrected chi connectivity index (χ1v) is 6.86. The number of halogens is 1. The van der Waals surface area contributed by atoms with Gasteiger partial charge in [-0.05, 0) is 18.2 Å². The normalized spacial score (nSPS) is 10.5. The number of imidazole rings is 1. The highest BCUT2D eigenvalue weighted by Crippen LogP contribution is 2.28. The maximum absolute atomic E-state index is 13.7. The fourth-order valence-corrected chi connectivity index (χ4v) is 2.38. The molecule has 6 nitrogen and oxygen atoms in total. The number of carbonyl (C=O) groups excluding carboxylic acids is 1. The SMILES string of the molecule is COc1c(F)cccc1CNc1ccc2nccn2c1OC=O. The molecule has 23 heavy (non-hydrogen) atoms. The molecule has 0 fully saturated rings. The predicted molar refractivity (Wildman–Crippen MR) is 82.2 cm³/mol. The third-order valence-corrected chi connectivity index (χ3v) is 3.40. The van der Waals surface area contributed by atoms with Crippen molar-refractivity contribution in [3.05, 3.63) is 54.1 Å². The number of anilines is 1. The molecule has 118 valence electrons. The lowest BCUT2D eigenvalue weighted by Gasteiger charge is -2.14. The number of fused-ring (bicyclic) bond motifs is 1. The van der Waals surface area contributed by atoms with Crippen LogP contribution in [0.25, 0.3) is 5.65 Å². The van der Waals surface area contributed by atoms with Crippen molar-refractivity contribution < 1.29 is 18.7 Å². The molecule has 0 aliphatic heterocycles. The zero-order valence-corrected chi connectivity index (χ0v) is 12.3. The van der Waals surface area contributed by atoms with E-state index in [1.807, 2.05) is 0 Å². The van der Waals surface area contributed by atoms with Gasteiger partial charge in [-0.3, -0.25) is 9.20 Å². The molecule has 0 saturated carbocycles. The molecule has 3 aromatic rings. The first kappa shape index (κ1) is 14.8. The van der Waals surface area contributed by atoms with E-state index < -0.39 is 5.82 Å². The van der Waals surface area contributed by atoms with E-state index in [-0.39, 0.29) is 5.75 Å². The average Bonchev–Trinajstić information content (AvgIpc) is 3.03. The third kappa shape index (κ3) is 2.80. The van der Waals surface area contributed by atoms with Crippen LogP contribution in [0.4, 0.5) is 10.1 Å². The summed E-state index contributed by atoms with van der Waals surface area (Å²) >= 11 is 0. The zero-order valence-electron chi connectivity index (χ0n) is 12.3. The van der Waals surface area contributed by atoms with Gasteiger partial charge in [0.15, 0.2) is 11.6 Å². The molecule has 0 bridgehead atoms. The quantitative estimate of drug-likeness (QED) is 0.708. The van der Waals surface area contributed by atoms with E-state index in [0.29, 0.717) is 35.8 Å². The summed E-state index contributed by atoms with van der Waals surface area (Å²) in [5, 5.41) is 3.12. The molecule has 7 heteroatoms. The summed E-state index contributed by atoms with van der Waals surface area (Å²) in [6.45, 7) is 0.652. The van der Waals surface area contributed by atoms with Crippen LogP contribution in [0, 0.1) is 5.82 Å². The molecule has 0 saturated heterocycles. The van der Waals surface area contributed by atoms with Crippen molar-refractivity contribution in [1.29, 1.82) is 0 Å². The Bertz CT molecular complexity index is 848. The number of methoxy groups -OCH3 is 1. The van der Waals surface area contributed by atoms with Gasteiger partial charge < -0.3 is 14.8 Å². The van der Waals surface area contributed by atoms with Crippen LogP contribution in [0.5, 0.6) is 11.6 Å². The minimum atomic E-state index is -0.429. The van der Waals surface area contributed by atoms with Crippen LogP contribution in [-0.4, -0.2) is 23.0 Å². The van der Waals surface area contributed by atoms with Crippen LogP contribution in [0.2, 0.25) is 0 Å². The second-order valence-electron chi connectivity index (χ2n) is 4.71. The Labute approximate surface area is 131 Å². The number of hydrogen-bond donors (Lipinski definition) is 1. The van der Waals surface area contributed by atoms with Gasteiger partial charge in [-0.15, -0.1) is 0 Å². The van der Waals surface area contributed by atoms with Crippen LogP contribution in [0.1, 0.15) is 5.56 Å². The Hall–Kier alpha value is -3.09. The Morgan fingerprint density at radius 2 is 2.22 bits per heavy atom. The summed E-state index contributed by atoms with van der Waals surface area (Å²) in [6, 6.07) is 8.22. The molecule has 1 aromatic carbocycles. The monoisotopic (exact) mass is 315 g/mol. The van der Waals surface area contributed by atoms with E-state index in [1.54, 1.807) is 41.1 Å². The minimum Gasteiger partial charge on any atom is -0.493 e. The minimum absolute atomic E-state index is 0.182. The number of ether oxygens (including phenoxy) is 2. The van der Waals surface area contributed by atoms with Crippen molar-refractivity contribution in [3.8, 4) is 11.6 Å². The Morgan fingerprint density at radius 1 is 1.35 bits per heavy atom. The number of nitrogens with zero attached hydrogens (tertiary/aromatic N) is 2. The van der Waals surface area contributed by atoms with Gasteiger partial charge in [0.25, 0.3) is 6.47 Å². The summed E-state index contributed by atoms with van der Waals surface area (Å²) in [7, 11) is 1.42. The summed E-state index contributed by atoms with van der Waals surface area (Å²) in [6.07, 6.45) is 3.29. The molecule has 3 rings (SSSR count). The molecule has 0 spiro atoms. The van der Waals surface area contributed by atoms with Gasteiger partial charge >= 0.3 is 0 Å². The number of benzene rings is 1. The molecule has 1 N–H and O–H groups in total. The van der Waals surface area contributed by atoms with Gasteiger partial charge in [0.1, 0.15) is 5.65 Å². The standard InChI is InChI=1S/C16H14FN3O3/c1-22-15-11(3-2-4-12(15)17)9-19-13-5-6-14-18-7-8-20(14)16(13)23-10-21/h2-8,10,19H,9H2,1H3. The van der Waals surface area contributed by atoms with E-state index in [2.05, 4.69) is 10.3 Å².